The van der Waals surface area contributed by atoms with Gasteiger partial charge in [0.05, 0.1) is 16.4 Å². The highest BCUT2D eigenvalue weighted by Crippen LogP contribution is 2.26. The topological polar surface area (TPSA) is 29.9 Å². The van der Waals surface area contributed by atoms with Crippen LogP contribution < -0.4 is 5.32 Å². The largest absolute Gasteiger partial charge is 0.314 e. The Bertz CT molecular complexity index is 418. The maximum absolute atomic E-state index is 6.36. The molecule has 0 spiro atoms. The van der Waals surface area contributed by atoms with Crippen molar-refractivity contribution in [2.24, 2.45) is 5.41 Å². The van der Waals surface area contributed by atoms with Gasteiger partial charge in [-0.1, -0.05) is 39.3 Å². The van der Waals surface area contributed by atoms with Crippen LogP contribution in [0, 0.1) is 12.3 Å². The van der Waals surface area contributed by atoms with Crippen molar-refractivity contribution in [1.29, 1.82) is 0 Å². The Morgan fingerprint density at radius 3 is 2.45 bits per heavy atom. The predicted molar refractivity (Wildman–Crippen MR) is 87.5 cm³/mol. The molecule has 1 heterocycles. The third kappa shape index (κ3) is 4.49. The number of aromatic nitrogens is 2. The fourth-order valence-corrected chi connectivity index (χ4v) is 2.90. The Labute approximate surface area is 129 Å². The zero-order valence-electron chi connectivity index (χ0n) is 13.9. The van der Waals surface area contributed by atoms with Crippen LogP contribution in [0.15, 0.2) is 0 Å². The zero-order chi connectivity index (χ0) is 15.3. The minimum absolute atomic E-state index is 0.292. The third-order valence-corrected chi connectivity index (χ3v) is 4.35. The number of halogens is 1. The summed E-state index contributed by atoms with van der Waals surface area (Å²) in [6.07, 6.45) is 3.31. The van der Waals surface area contributed by atoms with Crippen LogP contribution >= 0.6 is 11.6 Å². The Kier molecular flexibility index (Phi) is 6.53. The smallest absolute Gasteiger partial charge is 0.0847 e. The zero-order valence-corrected chi connectivity index (χ0v) is 14.6. The number of hydrogen-bond acceptors (Lipinski definition) is 2. The van der Waals surface area contributed by atoms with Crippen molar-refractivity contribution in [3.8, 4) is 0 Å². The normalized spacial score (nSPS) is 13.8. The highest BCUT2D eigenvalue weighted by Gasteiger charge is 2.23. The standard InChI is InChI=1S/C16H30ClN3/c1-7-18-14(16(4,5)6)11-9-10-13-15(17)12(3)19-20(13)8-2/h14,18H,7-11H2,1-6H3. The molecule has 0 aliphatic carbocycles. The van der Waals surface area contributed by atoms with Gasteiger partial charge in [-0.15, -0.1) is 0 Å². The van der Waals surface area contributed by atoms with Crippen molar-refractivity contribution in [2.45, 2.75) is 73.4 Å². The summed E-state index contributed by atoms with van der Waals surface area (Å²) in [6.45, 7) is 15.1. The molecule has 0 aliphatic heterocycles. The van der Waals surface area contributed by atoms with Crippen LogP contribution in [0.25, 0.3) is 0 Å². The van der Waals surface area contributed by atoms with Crippen LogP contribution in [0.2, 0.25) is 5.02 Å². The average molecular weight is 300 g/mol. The van der Waals surface area contributed by atoms with Gasteiger partial charge in [-0.05, 0) is 45.1 Å². The molecule has 0 aromatic carbocycles. The highest BCUT2D eigenvalue weighted by molar-refractivity contribution is 6.31. The first-order valence-electron chi connectivity index (χ1n) is 7.76. The quantitative estimate of drug-likeness (QED) is 0.817. The van der Waals surface area contributed by atoms with Crippen LogP contribution in [0.1, 0.15) is 58.8 Å². The summed E-state index contributed by atoms with van der Waals surface area (Å²) in [4.78, 5) is 0. The van der Waals surface area contributed by atoms with Gasteiger partial charge in [0.1, 0.15) is 0 Å². The van der Waals surface area contributed by atoms with Crippen molar-refractivity contribution in [1.82, 2.24) is 15.1 Å². The Balaban J connectivity index is 2.63. The number of aryl methyl sites for hydroxylation is 2. The van der Waals surface area contributed by atoms with E-state index in [-0.39, 0.29) is 0 Å². The van der Waals surface area contributed by atoms with Gasteiger partial charge in [-0.25, -0.2) is 0 Å². The van der Waals surface area contributed by atoms with Crippen LogP contribution in [-0.2, 0) is 13.0 Å². The lowest BCUT2D eigenvalue weighted by Gasteiger charge is -2.31. The summed E-state index contributed by atoms with van der Waals surface area (Å²) in [6, 6.07) is 0.547. The van der Waals surface area contributed by atoms with Gasteiger partial charge < -0.3 is 5.32 Å². The second-order valence-electron chi connectivity index (χ2n) is 6.53. The average Bonchev–Trinajstić information content (AvgIpc) is 2.64. The number of nitrogens with zero attached hydrogens (tertiary/aromatic N) is 2. The van der Waals surface area contributed by atoms with E-state index in [2.05, 4.69) is 45.0 Å². The molecule has 1 rings (SSSR count). The van der Waals surface area contributed by atoms with Gasteiger partial charge in [0.15, 0.2) is 0 Å². The summed E-state index contributed by atoms with van der Waals surface area (Å²) >= 11 is 6.36. The highest BCUT2D eigenvalue weighted by atomic mass is 35.5. The lowest BCUT2D eigenvalue weighted by atomic mass is 9.83. The van der Waals surface area contributed by atoms with Crippen LogP contribution in [0.3, 0.4) is 0 Å². The summed E-state index contributed by atoms with van der Waals surface area (Å²) in [5.41, 5.74) is 2.43. The molecule has 0 fully saturated rings. The van der Waals surface area contributed by atoms with E-state index in [0.29, 0.717) is 11.5 Å². The molecule has 0 saturated heterocycles. The monoisotopic (exact) mass is 299 g/mol. The van der Waals surface area contributed by atoms with Crippen molar-refractivity contribution in [3.63, 3.8) is 0 Å². The van der Waals surface area contributed by atoms with E-state index >= 15 is 0 Å². The summed E-state index contributed by atoms with van der Waals surface area (Å²) in [5.74, 6) is 0. The summed E-state index contributed by atoms with van der Waals surface area (Å²) < 4.78 is 2.04. The Hall–Kier alpha value is -0.540. The molecule has 1 atom stereocenters. The van der Waals surface area contributed by atoms with Crippen LogP contribution in [0.4, 0.5) is 0 Å². The van der Waals surface area contributed by atoms with Crippen molar-refractivity contribution in [2.75, 3.05) is 6.54 Å². The molecule has 1 unspecified atom stereocenters. The van der Waals surface area contributed by atoms with E-state index in [4.69, 9.17) is 11.6 Å². The van der Waals surface area contributed by atoms with E-state index in [1.807, 2.05) is 11.6 Å². The molecule has 1 aromatic rings. The van der Waals surface area contributed by atoms with Gasteiger partial charge in [-0.2, -0.15) is 5.10 Å². The van der Waals surface area contributed by atoms with Crippen molar-refractivity contribution >= 4 is 11.6 Å². The first-order chi connectivity index (χ1) is 9.31. The maximum Gasteiger partial charge on any atom is 0.0847 e. The number of rotatable bonds is 7. The van der Waals surface area contributed by atoms with Gasteiger partial charge in [0.2, 0.25) is 0 Å². The van der Waals surface area contributed by atoms with E-state index in [1.54, 1.807) is 0 Å². The maximum atomic E-state index is 6.36. The molecule has 0 bridgehead atoms. The van der Waals surface area contributed by atoms with Gasteiger partial charge in [0, 0.05) is 12.6 Å². The van der Waals surface area contributed by atoms with E-state index in [9.17, 15) is 0 Å². The molecule has 0 saturated carbocycles. The SMILES string of the molecule is CCNC(CCCc1c(Cl)c(C)nn1CC)C(C)(C)C. The predicted octanol–water partition coefficient (Wildman–Crippen LogP) is 4.21. The minimum atomic E-state index is 0.292. The molecule has 20 heavy (non-hydrogen) atoms. The van der Waals surface area contributed by atoms with Gasteiger partial charge in [-0.3, -0.25) is 4.68 Å². The molecule has 116 valence electrons. The Morgan fingerprint density at radius 2 is 1.95 bits per heavy atom. The van der Waals surface area contributed by atoms with Crippen LogP contribution in [-0.4, -0.2) is 22.4 Å². The lowest BCUT2D eigenvalue weighted by Crippen LogP contribution is -2.40. The second kappa shape index (κ2) is 7.46. The molecular formula is C16H30ClN3. The molecule has 1 aromatic heterocycles. The lowest BCUT2D eigenvalue weighted by molar-refractivity contribution is 0.254. The number of hydrogen-bond donors (Lipinski definition) is 1. The fraction of sp³-hybridized carbons (Fsp3) is 0.812. The molecule has 1 N–H and O–H groups in total. The van der Waals surface area contributed by atoms with Crippen LogP contribution in [0.5, 0.6) is 0 Å². The van der Waals surface area contributed by atoms with E-state index in [0.717, 1.165) is 36.6 Å². The molecule has 3 nitrogen and oxygen atoms in total. The summed E-state index contributed by atoms with van der Waals surface area (Å²) in [5, 5.41) is 8.93. The molecule has 0 aliphatic rings. The van der Waals surface area contributed by atoms with Gasteiger partial charge in [0.25, 0.3) is 0 Å². The van der Waals surface area contributed by atoms with E-state index < -0.39 is 0 Å². The molecular weight excluding hydrogens is 270 g/mol. The number of nitrogens with one attached hydrogen (secondary N) is 1. The van der Waals surface area contributed by atoms with Crippen molar-refractivity contribution < 1.29 is 0 Å². The third-order valence-electron chi connectivity index (χ3n) is 3.86. The van der Waals surface area contributed by atoms with E-state index in [1.165, 1.54) is 12.1 Å². The van der Waals surface area contributed by atoms with Crippen molar-refractivity contribution in [3.05, 3.63) is 16.4 Å². The molecule has 0 radical (unpaired) electrons. The summed E-state index contributed by atoms with van der Waals surface area (Å²) in [7, 11) is 0. The first-order valence-corrected chi connectivity index (χ1v) is 8.14. The minimum Gasteiger partial charge on any atom is -0.314 e. The Morgan fingerprint density at radius 1 is 1.30 bits per heavy atom. The van der Waals surface area contributed by atoms with Gasteiger partial charge >= 0.3 is 0 Å². The molecule has 4 heteroatoms. The molecule has 0 amide bonds. The second-order valence-corrected chi connectivity index (χ2v) is 6.91. The first kappa shape index (κ1) is 17.5. The fourth-order valence-electron chi connectivity index (χ4n) is 2.67.